The van der Waals surface area contributed by atoms with E-state index in [1.165, 1.54) is 12.1 Å². The average molecular weight is 467 g/mol. The first-order valence-electron chi connectivity index (χ1n) is 11.3. The summed E-state index contributed by atoms with van der Waals surface area (Å²) in [7, 11) is 0. The second-order valence-corrected chi connectivity index (χ2v) is 7.93. The number of rotatable bonds is 7. The molecule has 3 heterocycles. The fraction of sp³-hybridized carbons (Fsp3) is 0.111. The van der Waals surface area contributed by atoms with Crippen LogP contribution in [0.15, 0.2) is 91.4 Å². The largest absolute Gasteiger partial charge is 0.348 e. The van der Waals surface area contributed by atoms with Crippen molar-refractivity contribution >= 4 is 5.91 Å². The zero-order valence-electron chi connectivity index (χ0n) is 19.1. The third-order valence-corrected chi connectivity index (χ3v) is 5.68. The van der Waals surface area contributed by atoms with Gasteiger partial charge in [0.25, 0.3) is 5.91 Å². The van der Waals surface area contributed by atoms with E-state index in [2.05, 4.69) is 15.4 Å². The number of amides is 1. The standard InChI is InChI=1S/C27H23FN6O/c1-2-24-23(17-31-34(24)25-10-6-7-15-29-25)27(35)30-16-20-18-33(22-8-4-3-5-9-22)32-26(20)19-11-13-21(28)14-12-19/h3-15,17-18H,2,16H2,1H3,(H,30,35). The zero-order valence-corrected chi connectivity index (χ0v) is 19.1. The molecule has 8 heteroatoms. The van der Waals surface area contributed by atoms with Gasteiger partial charge in [0.15, 0.2) is 5.82 Å². The van der Waals surface area contributed by atoms with Crippen molar-refractivity contribution < 1.29 is 9.18 Å². The maximum Gasteiger partial charge on any atom is 0.255 e. The van der Waals surface area contributed by atoms with Crippen LogP contribution in [0, 0.1) is 5.82 Å². The Kier molecular flexibility index (Phi) is 6.17. The molecule has 0 unspecified atom stereocenters. The molecule has 5 aromatic rings. The van der Waals surface area contributed by atoms with E-state index in [0.29, 0.717) is 23.5 Å². The van der Waals surface area contributed by atoms with E-state index in [0.717, 1.165) is 22.5 Å². The smallest absolute Gasteiger partial charge is 0.255 e. The first-order chi connectivity index (χ1) is 17.1. The zero-order chi connectivity index (χ0) is 24.2. The minimum atomic E-state index is -0.317. The number of hydrogen-bond donors (Lipinski definition) is 1. The number of carbonyl (C=O) groups excluding carboxylic acids is 1. The maximum absolute atomic E-state index is 13.5. The normalized spacial score (nSPS) is 10.9. The van der Waals surface area contributed by atoms with Gasteiger partial charge in [-0.1, -0.05) is 31.2 Å². The van der Waals surface area contributed by atoms with Crippen molar-refractivity contribution in [2.24, 2.45) is 0 Å². The Morgan fingerprint density at radius 2 is 1.77 bits per heavy atom. The van der Waals surface area contributed by atoms with Crippen molar-refractivity contribution in [2.75, 3.05) is 0 Å². The number of para-hydroxylation sites is 1. The van der Waals surface area contributed by atoms with Crippen LogP contribution >= 0.6 is 0 Å². The SMILES string of the molecule is CCc1c(C(=O)NCc2cn(-c3ccccc3)nc2-c2ccc(F)cc2)cnn1-c1ccccn1. The number of aromatic nitrogens is 5. The third-order valence-electron chi connectivity index (χ3n) is 5.68. The van der Waals surface area contributed by atoms with E-state index in [1.807, 2.05) is 61.7 Å². The van der Waals surface area contributed by atoms with Gasteiger partial charge in [-0.05, 0) is 55.0 Å². The molecule has 0 radical (unpaired) electrons. The van der Waals surface area contributed by atoms with Gasteiger partial charge in [0.05, 0.1) is 28.8 Å². The van der Waals surface area contributed by atoms with Crippen LogP contribution < -0.4 is 5.32 Å². The van der Waals surface area contributed by atoms with Gasteiger partial charge in [0.2, 0.25) is 0 Å². The molecule has 2 aromatic carbocycles. The summed E-state index contributed by atoms with van der Waals surface area (Å²) in [5, 5.41) is 12.1. The van der Waals surface area contributed by atoms with Crippen LogP contribution in [0.4, 0.5) is 4.39 Å². The van der Waals surface area contributed by atoms with Gasteiger partial charge in [0.1, 0.15) is 5.82 Å². The molecule has 35 heavy (non-hydrogen) atoms. The molecule has 0 bridgehead atoms. The van der Waals surface area contributed by atoms with Gasteiger partial charge in [0, 0.05) is 30.1 Å². The Morgan fingerprint density at radius 1 is 1.00 bits per heavy atom. The van der Waals surface area contributed by atoms with Crippen molar-refractivity contribution in [1.82, 2.24) is 29.9 Å². The van der Waals surface area contributed by atoms with Gasteiger partial charge >= 0.3 is 0 Å². The highest BCUT2D eigenvalue weighted by Gasteiger charge is 2.19. The third kappa shape index (κ3) is 4.59. The maximum atomic E-state index is 13.5. The summed E-state index contributed by atoms with van der Waals surface area (Å²) in [6.07, 6.45) is 5.76. The molecule has 7 nitrogen and oxygen atoms in total. The second-order valence-electron chi connectivity index (χ2n) is 7.93. The Morgan fingerprint density at radius 3 is 2.49 bits per heavy atom. The molecule has 174 valence electrons. The minimum absolute atomic E-state index is 0.235. The summed E-state index contributed by atoms with van der Waals surface area (Å²) >= 11 is 0. The number of hydrogen-bond acceptors (Lipinski definition) is 4. The molecule has 0 aliphatic rings. The summed E-state index contributed by atoms with van der Waals surface area (Å²) in [5.74, 6) is 0.107. The molecule has 0 atom stereocenters. The lowest BCUT2D eigenvalue weighted by Gasteiger charge is -2.08. The molecule has 0 saturated carbocycles. The van der Waals surface area contributed by atoms with E-state index >= 15 is 0 Å². The lowest BCUT2D eigenvalue weighted by molar-refractivity contribution is 0.0950. The Balaban J connectivity index is 1.43. The molecule has 3 aromatic heterocycles. The molecule has 0 fully saturated rings. The Labute approximate surface area is 201 Å². The summed E-state index contributed by atoms with van der Waals surface area (Å²) in [6.45, 7) is 2.22. The number of benzene rings is 2. The molecule has 1 amide bonds. The summed E-state index contributed by atoms with van der Waals surface area (Å²) in [6, 6.07) is 21.4. The van der Waals surface area contributed by atoms with Crippen molar-refractivity contribution in [1.29, 1.82) is 0 Å². The topological polar surface area (TPSA) is 77.6 Å². The molecule has 0 saturated heterocycles. The summed E-state index contributed by atoms with van der Waals surface area (Å²) in [4.78, 5) is 17.5. The van der Waals surface area contributed by atoms with Gasteiger partial charge in [-0.25, -0.2) is 18.7 Å². The molecular weight excluding hydrogens is 443 g/mol. The van der Waals surface area contributed by atoms with Crippen LogP contribution in [0.3, 0.4) is 0 Å². The summed E-state index contributed by atoms with van der Waals surface area (Å²) < 4.78 is 17.0. The lowest BCUT2D eigenvalue weighted by atomic mass is 10.1. The van der Waals surface area contributed by atoms with Crippen LogP contribution in [-0.2, 0) is 13.0 Å². The quantitative estimate of drug-likeness (QED) is 0.376. The number of nitrogens with one attached hydrogen (secondary N) is 1. The highest BCUT2D eigenvalue weighted by molar-refractivity contribution is 5.95. The monoisotopic (exact) mass is 466 g/mol. The summed E-state index contributed by atoms with van der Waals surface area (Å²) in [5.41, 5.74) is 4.41. The molecular formula is C27H23FN6O. The van der Waals surface area contributed by atoms with Crippen molar-refractivity contribution in [3.05, 3.63) is 114 Å². The van der Waals surface area contributed by atoms with Gasteiger partial charge in [-0.2, -0.15) is 10.2 Å². The number of carbonyl (C=O) groups is 1. The molecule has 0 aliphatic heterocycles. The molecule has 1 N–H and O–H groups in total. The van der Waals surface area contributed by atoms with Crippen molar-refractivity contribution in [3.63, 3.8) is 0 Å². The molecule has 0 spiro atoms. The molecule has 0 aliphatic carbocycles. The van der Waals surface area contributed by atoms with Crippen LogP contribution in [0.1, 0.15) is 28.5 Å². The van der Waals surface area contributed by atoms with E-state index in [-0.39, 0.29) is 18.3 Å². The highest BCUT2D eigenvalue weighted by atomic mass is 19.1. The van der Waals surface area contributed by atoms with E-state index in [9.17, 15) is 9.18 Å². The van der Waals surface area contributed by atoms with Crippen molar-refractivity contribution in [2.45, 2.75) is 19.9 Å². The van der Waals surface area contributed by atoms with Crippen molar-refractivity contribution in [3.8, 4) is 22.8 Å². The van der Waals surface area contributed by atoms with Crippen LogP contribution in [-0.4, -0.2) is 30.5 Å². The van der Waals surface area contributed by atoms with Gasteiger partial charge < -0.3 is 5.32 Å². The fourth-order valence-electron chi connectivity index (χ4n) is 3.95. The first-order valence-corrected chi connectivity index (χ1v) is 11.3. The second kappa shape index (κ2) is 9.72. The van der Waals surface area contributed by atoms with Crippen LogP contribution in [0.5, 0.6) is 0 Å². The van der Waals surface area contributed by atoms with E-state index in [1.54, 1.807) is 33.9 Å². The minimum Gasteiger partial charge on any atom is -0.348 e. The predicted molar refractivity (Wildman–Crippen MR) is 131 cm³/mol. The predicted octanol–water partition coefficient (Wildman–Crippen LogP) is 4.75. The number of nitrogens with zero attached hydrogens (tertiary/aromatic N) is 5. The highest BCUT2D eigenvalue weighted by Crippen LogP contribution is 2.24. The van der Waals surface area contributed by atoms with Crippen LogP contribution in [0.2, 0.25) is 0 Å². The van der Waals surface area contributed by atoms with E-state index in [4.69, 9.17) is 5.10 Å². The lowest BCUT2D eigenvalue weighted by Crippen LogP contribution is -2.24. The fourth-order valence-corrected chi connectivity index (χ4v) is 3.95. The first kappa shape index (κ1) is 22.2. The van der Waals surface area contributed by atoms with E-state index < -0.39 is 0 Å². The van der Waals surface area contributed by atoms with Gasteiger partial charge in [-0.3, -0.25) is 4.79 Å². The number of pyridine rings is 1. The van der Waals surface area contributed by atoms with Gasteiger partial charge in [-0.15, -0.1) is 0 Å². The average Bonchev–Trinajstić information content (AvgIpc) is 3.53. The Hall–Kier alpha value is -4.59. The molecule has 5 rings (SSSR count). The number of halogens is 1. The Bertz CT molecular complexity index is 1440. The van der Waals surface area contributed by atoms with Crippen LogP contribution in [0.25, 0.3) is 22.8 Å².